The second-order valence-electron chi connectivity index (χ2n) is 4.23. The lowest BCUT2D eigenvalue weighted by atomic mass is 9.88. The molecule has 0 aromatic carbocycles. The smallest absolute Gasteiger partial charge is 0.229 e. The van der Waals surface area contributed by atoms with Gasteiger partial charge in [0.1, 0.15) is 0 Å². The van der Waals surface area contributed by atoms with Crippen molar-refractivity contribution in [3.63, 3.8) is 0 Å². The van der Waals surface area contributed by atoms with Gasteiger partial charge in [0.15, 0.2) is 0 Å². The number of hydrogen-bond acceptors (Lipinski definition) is 2. The molecule has 0 bridgehead atoms. The van der Waals surface area contributed by atoms with Crippen molar-refractivity contribution in [2.45, 2.75) is 34.1 Å². The Balaban J connectivity index is 3.05. The lowest BCUT2D eigenvalue weighted by molar-refractivity contribution is -0.132. The maximum Gasteiger partial charge on any atom is 0.229 e. The Morgan fingerprint density at radius 2 is 1.71 bits per heavy atom. The number of carbonyl (C=O) groups is 2. The molecule has 0 amide bonds. The maximum absolute atomic E-state index is 11.5. The molecule has 0 aromatic rings. The first-order valence-electron chi connectivity index (χ1n) is 4.90. The largest absolute Gasteiger partial charge is 0.285 e. The quantitative estimate of drug-likeness (QED) is 0.497. The van der Waals surface area contributed by atoms with E-state index in [1.54, 1.807) is 13.8 Å². The highest BCUT2D eigenvalue weighted by Gasteiger charge is 2.24. The van der Waals surface area contributed by atoms with Crippen molar-refractivity contribution in [3.05, 3.63) is 22.8 Å². The van der Waals surface area contributed by atoms with Crippen molar-refractivity contribution >= 4 is 11.6 Å². The number of carbonyl (C=O) groups excluding carboxylic acids is 2. The Bertz CT molecular complexity index is 339. The zero-order valence-electron chi connectivity index (χ0n) is 9.18. The highest BCUT2D eigenvalue weighted by atomic mass is 16.2. The van der Waals surface area contributed by atoms with Crippen molar-refractivity contribution < 1.29 is 9.59 Å². The third-order valence-electron chi connectivity index (χ3n) is 2.41. The lowest BCUT2D eigenvalue weighted by Crippen LogP contribution is -2.21. The van der Waals surface area contributed by atoms with Crippen LogP contribution in [0.25, 0.3) is 0 Å². The van der Waals surface area contributed by atoms with Crippen molar-refractivity contribution in [1.82, 2.24) is 0 Å². The first kappa shape index (κ1) is 10.9. The summed E-state index contributed by atoms with van der Waals surface area (Å²) in [6.07, 6.45) is 2.71. The predicted molar refractivity (Wildman–Crippen MR) is 55.9 cm³/mol. The summed E-state index contributed by atoms with van der Waals surface area (Å²) in [6.45, 7) is 7.64. The topological polar surface area (TPSA) is 34.1 Å². The van der Waals surface area contributed by atoms with Crippen LogP contribution in [0.1, 0.15) is 34.1 Å². The molecular formula is C12H16O2. The summed E-state index contributed by atoms with van der Waals surface area (Å²) in [6, 6.07) is 0. The van der Waals surface area contributed by atoms with Crippen LogP contribution in [0.4, 0.5) is 0 Å². The highest BCUT2D eigenvalue weighted by molar-refractivity contribution is 6.49. The minimum atomic E-state index is -0.352. The summed E-state index contributed by atoms with van der Waals surface area (Å²) in [5.74, 6) is -0.180. The van der Waals surface area contributed by atoms with Gasteiger partial charge in [-0.3, -0.25) is 9.59 Å². The molecule has 0 unspecified atom stereocenters. The van der Waals surface area contributed by atoms with Crippen LogP contribution in [-0.4, -0.2) is 11.6 Å². The monoisotopic (exact) mass is 192 g/mol. The summed E-state index contributed by atoms with van der Waals surface area (Å²) in [7, 11) is 0. The molecule has 0 heterocycles. The SMILES string of the molecule is CC1=CC(CC(C)C)=C(C)C(=O)C1=O. The third-order valence-corrected chi connectivity index (χ3v) is 2.41. The second-order valence-corrected chi connectivity index (χ2v) is 4.23. The normalized spacial score (nSPS) is 17.9. The van der Waals surface area contributed by atoms with E-state index in [2.05, 4.69) is 13.8 Å². The van der Waals surface area contributed by atoms with Gasteiger partial charge >= 0.3 is 0 Å². The van der Waals surface area contributed by atoms with Crippen molar-refractivity contribution in [3.8, 4) is 0 Å². The van der Waals surface area contributed by atoms with Gasteiger partial charge in [-0.05, 0) is 31.8 Å². The van der Waals surface area contributed by atoms with Gasteiger partial charge in [0.2, 0.25) is 11.6 Å². The zero-order valence-corrected chi connectivity index (χ0v) is 9.18. The predicted octanol–water partition coefficient (Wildman–Crippen LogP) is 2.45. The summed E-state index contributed by atoms with van der Waals surface area (Å²) in [4.78, 5) is 22.8. The van der Waals surface area contributed by atoms with E-state index in [4.69, 9.17) is 0 Å². The number of allylic oxidation sites excluding steroid dienone is 4. The summed E-state index contributed by atoms with van der Waals surface area (Å²) in [5, 5.41) is 0. The first-order chi connectivity index (χ1) is 6.43. The fourth-order valence-corrected chi connectivity index (χ4v) is 1.58. The van der Waals surface area contributed by atoms with Gasteiger partial charge in [-0.15, -0.1) is 0 Å². The van der Waals surface area contributed by atoms with E-state index in [9.17, 15) is 9.59 Å². The molecule has 0 atom stereocenters. The average Bonchev–Trinajstić information content (AvgIpc) is 2.10. The van der Waals surface area contributed by atoms with Crippen molar-refractivity contribution in [2.24, 2.45) is 5.92 Å². The molecule has 1 rings (SSSR count). The Morgan fingerprint density at radius 3 is 2.21 bits per heavy atom. The molecule has 0 N–H and O–H groups in total. The van der Waals surface area contributed by atoms with E-state index in [1.165, 1.54) is 0 Å². The van der Waals surface area contributed by atoms with E-state index in [1.807, 2.05) is 6.08 Å². The van der Waals surface area contributed by atoms with Crippen LogP contribution in [0.5, 0.6) is 0 Å². The number of Topliss-reactive ketones (excluding diaryl/α,β-unsaturated/α-hetero) is 2. The van der Waals surface area contributed by atoms with Gasteiger partial charge < -0.3 is 0 Å². The van der Waals surface area contributed by atoms with E-state index < -0.39 is 0 Å². The molecule has 1 aliphatic rings. The standard InChI is InChI=1S/C12H16O2/c1-7(2)5-10-6-8(3)11(13)12(14)9(10)4/h6-7H,5H2,1-4H3. The Labute approximate surface area is 84.7 Å². The molecule has 76 valence electrons. The number of rotatable bonds is 2. The molecule has 0 aliphatic heterocycles. The van der Waals surface area contributed by atoms with Crippen LogP contribution in [-0.2, 0) is 9.59 Å². The fourth-order valence-electron chi connectivity index (χ4n) is 1.58. The van der Waals surface area contributed by atoms with Crippen LogP contribution < -0.4 is 0 Å². The maximum atomic E-state index is 11.5. The highest BCUT2D eigenvalue weighted by Crippen LogP contribution is 2.23. The molecule has 14 heavy (non-hydrogen) atoms. The van der Waals surface area contributed by atoms with Crippen LogP contribution >= 0.6 is 0 Å². The van der Waals surface area contributed by atoms with Crippen LogP contribution in [0.15, 0.2) is 22.8 Å². The van der Waals surface area contributed by atoms with Gasteiger partial charge in [-0.1, -0.05) is 19.9 Å². The van der Waals surface area contributed by atoms with E-state index in [-0.39, 0.29) is 11.6 Å². The number of hydrogen-bond donors (Lipinski definition) is 0. The molecular weight excluding hydrogens is 176 g/mol. The molecule has 0 saturated carbocycles. The molecule has 1 aliphatic carbocycles. The summed E-state index contributed by atoms with van der Waals surface area (Å²) < 4.78 is 0. The van der Waals surface area contributed by atoms with E-state index >= 15 is 0 Å². The van der Waals surface area contributed by atoms with Crippen LogP contribution in [0, 0.1) is 5.92 Å². The van der Waals surface area contributed by atoms with Gasteiger partial charge in [-0.25, -0.2) is 0 Å². The van der Waals surface area contributed by atoms with Gasteiger partial charge in [0.25, 0.3) is 0 Å². The molecule has 0 fully saturated rings. The molecule has 2 nitrogen and oxygen atoms in total. The summed E-state index contributed by atoms with van der Waals surface area (Å²) >= 11 is 0. The molecule has 0 aromatic heterocycles. The molecule has 0 radical (unpaired) electrons. The van der Waals surface area contributed by atoms with Crippen LogP contribution in [0.2, 0.25) is 0 Å². The molecule has 2 heteroatoms. The summed E-state index contributed by atoms with van der Waals surface area (Å²) in [5.41, 5.74) is 2.20. The van der Waals surface area contributed by atoms with Crippen molar-refractivity contribution in [1.29, 1.82) is 0 Å². The minimum absolute atomic E-state index is 0.333. The minimum Gasteiger partial charge on any atom is -0.285 e. The zero-order chi connectivity index (χ0) is 10.9. The Morgan fingerprint density at radius 1 is 1.14 bits per heavy atom. The third kappa shape index (κ3) is 2.00. The molecule has 0 saturated heterocycles. The Hall–Kier alpha value is -1.18. The average molecular weight is 192 g/mol. The van der Waals surface area contributed by atoms with E-state index in [0.717, 1.165) is 12.0 Å². The van der Waals surface area contributed by atoms with Gasteiger partial charge in [0, 0.05) is 11.1 Å². The van der Waals surface area contributed by atoms with Gasteiger partial charge in [0.05, 0.1) is 0 Å². The molecule has 0 spiro atoms. The number of ketones is 2. The van der Waals surface area contributed by atoms with Crippen molar-refractivity contribution in [2.75, 3.05) is 0 Å². The second kappa shape index (κ2) is 3.91. The van der Waals surface area contributed by atoms with Gasteiger partial charge in [-0.2, -0.15) is 0 Å². The van der Waals surface area contributed by atoms with Crippen LogP contribution in [0.3, 0.4) is 0 Å². The van der Waals surface area contributed by atoms with E-state index in [0.29, 0.717) is 17.1 Å². The Kier molecular flexibility index (Phi) is 3.04. The lowest BCUT2D eigenvalue weighted by Gasteiger charge is -2.15. The fraction of sp³-hybridized carbons (Fsp3) is 0.500. The first-order valence-corrected chi connectivity index (χ1v) is 4.90.